The van der Waals surface area contributed by atoms with E-state index in [1.807, 2.05) is 31.2 Å². The first-order valence-electron chi connectivity index (χ1n) is 7.46. The lowest BCUT2D eigenvalue weighted by Gasteiger charge is -2.30. The highest BCUT2D eigenvalue weighted by Gasteiger charge is 2.26. The molecule has 114 valence electrons. The summed E-state index contributed by atoms with van der Waals surface area (Å²) in [6.07, 6.45) is 0. The zero-order valence-electron chi connectivity index (χ0n) is 12.7. The molecule has 0 spiro atoms. The Hall–Kier alpha value is -2.18. The molecule has 1 saturated heterocycles. The maximum Gasteiger partial charge on any atom is 0.293 e. The summed E-state index contributed by atoms with van der Waals surface area (Å²) in [7, 11) is 2.08. The predicted octanol–water partition coefficient (Wildman–Crippen LogP) is 2.37. The summed E-state index contributed by atoms with van der Waals surface area (Å²) in [4.78, 5) is 6.76. The summed E-state index contributed by atoms with van der Waals surface area (Å²) in [6, 6.07) is 8.14. The quantitative estimate of drug-likeness (QED) is 0.783. The van der Waals surface area contributed by atoms with Gasteiger partial charge >= 0.3 is 0 Å². The number of aromatic nitrogens is 2. The van der Waals surface area contributed by atoms with Crippen LogP contribution in [0.15, 0.2) is 33.2 Å². The molecule has 1 unspecified atom stereocenters. The summed E-state index contributed by atoms with van der Waals surface area (Å²) in [5, 5.41) is 8.53. The van der Waals surface area contributed by atoms with Crippen molar-refractivity contribution in [1.29, 1.82) is 0 Å². The van der Waals surface area contributed by atoms with Crippen LogP contribution in [0, 0.1) is 6.92 Å². The van der Waals surface area contributed by atoms with Crippen molar-refractivity contribution < 1.29 is 8.94 Å². The first-order valence-corrected chi connectivity index (χ1v) is 7.46. The van der Waals surface area contributed by atoms with Gasteiger partial charge in [-0.2, -0.15) is 4.98 Å². The van der Waals surface area contributed by atoms with Crippen molar-refractivity contribution in [1.82, 2.24) is 20.4 Å². The van der Waals surface area contributed by atoms with Gasteiger partial charge in [0.2, 0.25) is 0 Å². The Labute approximate surface area is 128 Å². The summed E-state index contributed by atoms with van der Waals surface area (Å²) in [5.74, 6) is 1.75. The van der Waals surface area contributed by atoms with E-state index < -0.39 is 0 Å². The van der Waals surface area contributed by atoms with E-state index in [4.69, 9.17) is 8.94 Å². The number of fused-ring (bicyclic) bond motifs is 1. The molecule has 0 radical (unpaired) electrons. The van der Waals surface area contributed by atoms with Gasteiger partial charge in [-0.3, -0.25) is 4.90 Å². The number of nitrogens with one attached hydrogen (secondary N) is 1. The van der Waals surface area contributed by atoms with Crippen molar-refractivity contribution >= 4 is 11.0 Å². The van der Waals surface area contributed by atoms with Crippen LogP contribution in [0.3, 0.4) is 0 Å². The van der Waals surface area contributed by atoms with Gasteiger partial charge in [0.1, 0.15) is 5.58 Å². The molecule has 1 aromatic carbocycles. The fourth-order valence-electron chi connectivity index (χ4n) is 2.88. The molecule has 2 aromatic heterocycles. The molecular formula is C16H18N4O2. The highest BCUT2D eigenvalue weighted by molar-refractivity contribution is 5.83. The molecule has 0 aliphatic carbocycles. The van der Waals surface area contributed by atoms with Crippen LogP contribution in [0.2, 0.25) is 0 Å². The Morgan fingerprint density at radius 3 is 3.09 bits per heavy atom. The Morgan fingerprint density at radius 1 is 1.36 bits per heavy atom. The molecular weight excluding hydrogens is 280 g/mol. The third-order valence-electron chi connectivity index (χ3n) is 4.20. The van der Waals surface area contributed by atoms with E-state index in [9.17, 15) is 0 Å². The smallest absolute Gasteiger partial charge is 0.293 e. The summed E-state index contributed by atoms with van der Waals surface area (Å²) in [6.45, 7) is 4.81. The van der Waals surface area contributed by atoms with Gasteiger partial charge in [0, 0.05) is 25.0 Å². The molecule has 3 aromatic rings. The number of likely N-dealkylation sites (N-methyl/N-ethyl adjacent to an activating group) is 1. The Balaban J connectivity index is 1.69. The van der Waals surface area contributed by atoms with Gasteiger partial charge in [0.25, 0.3) is 5.89 Å². The van der Waals surface area contributed by atoms with E-state index in [0.717, 1.165) is 36.2 Å². The van der Waals surface area contributed by atoms with Crippen LogP contribution < -0.4 is 5.32 Å². The number of furan rings is 1. The fourth-order valence-corrected chi connectivity index (χ4v) is 2.88. The Kier molecular flexibility index (Phi) is 3.20. The minimum absolute atomic E-state index is 0.136. The maximum absolute atomic E-state index is 5.89. The number of rotatable bonds is 2. The topological polar surface area (TPSA) is 67.3 Å². The van der Waals surface area contributed by atoms with Crippen molar-refractivity contribution in [3.8, 4) is 11.7 Å². The molecule has 6 heteroatoms. The molecule has 0 bridgehead atoms. The second-order valence-corrected chi connectivity index (χ2v) is 5.76. The molecule has 1 aliphatic heterocycles. The summed E-state index contributed by atoms with van der Waals surface area (Å²) < 4.78 is 11.3. The third kappa shape index (κ3) is 2.20. The van der Waals surface area contributed by atoms with Crippen LogP contribution in [0.1, 0.15) is 17.4 Å². The summed E-state index contributed by atoms with van der Waals surface area (Å²) in [5.41, 5.74) is 1.97. The standard InChI is InChI=1S/C16H18N4O2/c1-10-4-3-5-11-8-13(21-14(10)11)16-18-15(19-22-16)12-9-17-6-7-20(12)2/h3-5,8,12,17H,6-7,9H2,1-2H3. The highest BCUT2D eigenvalue weighted by Crippen LogP contribution is 2.29. The number of hydrogen-bond donors (Lipinski definition) is 1. The number of para-hydroxylation sites is 1. The molecule has 1 atom stereocenters. The molecule has 6 nitrogen and oxygen atoms in total. The SMILES string of the molecule is Cc1cccc2cc(-c3nc(C4CNCCN4C)no3)oc12. The minimum atomic E-state index is 0.136. The van der Waals surface area contributed by atoms with Crippen molar-refractivity contribution in [2.24, 2.45) is 0 Å². The Bertz CT molecular complexity index is 807. The average Bonchev–Trinajstić information content (AvgIpc) is 3.14. The maximum atomic E-state index is 5.89. The van der Waals surface area contributed by atoms with Gasteiger partial charge in [-0.25, -0.2) is 0 Å². The van der Waals surface area contributed by atoms with Crippen LogP contribution >= 0.6 is 0 Å². The molecule has 4 rings (SSSR count). The minimum Gasteiger partial charge on any atom is -0.451 e. The van der Waals surface area contributed by atoms with Crippen molar-refractivity contribution in [3.05, 3.63) is 35.7 Å². The second-order valence-electron chi connectivity index (χ2n) is 5.76. The number of piperazine rings is 1. The van der Waals surface area contributed by atoms with Gasteiger partial charge in [-0.05, 0) is 25.6 Å². The number of aryl methyl sites for hydroxylation is 1. The molecule has 3 heterocycles. The van der Waals surface area contributed by atoms with Crippen LogP contribution in [0.4, 0.5) is 0 Å². The van der Waals surface area contributed by atoms with Crippen molar-refractivity contribution in [2.75, 3.05) is 26.7 Å². The molecule has 1 fully saturated rings. The molecule has 0 amide bonds. The number of benzene rings is 1. The van der Waals surface area contributed by atoms with Crippen LogP contribution in [-0.4, -0.2) is 41.7 Å². The molecule has 1 aliphatic rings. The first-order chi connectivity index (χ1) is 10.7. The fraction of sp³-hybridized carbons (Fsp3) is 0.375. The molecule has 22 heavy (non-hydrogen) atoms. The number of hydrogen-bond acceptors (Lipinski definition) is 6. The van der Waals surface area contributed by atoms with E-state index >= 15 is 0 Å². The largest absolute Gasteiger partial charge is 0.451 e. The normalized spacial score (nSPS) is 19.8. The van der Waals surface area contributed by atoms with Crippen LogP contribution in [-0.2, 0) is 0 Å². The zero-order chi connectivity index (χ0) is 15.1. The molecule has 1 N–H and O–H groups in total. The van der Waals surface area contributed by atoms with Crippen molar-refractivity contribution in [3.63, 3.8) is 0 Å². The summed E-state index contributed by atoms with van der Waals surface area (Å²) >= 11 is 0. The van der Waals surface area contributed by atoms with Gasteiger partial charge in [0.05, 0.1) is 6.04 Å². The van der Waals surface area contributed by atoms with E-state index in [1.165, 1.54) is 0 Å². The molecule has 0 saturated carbocycles. The monoisotopic (exact) mass is 298 g/mol. The van der Waals surface area contributed by atoms with Gasteiger partial charge in [-0.1, -0.05) is 23.4 Å². The third-order valence-corrected chi connectivity index (χ3v) is 4.20. The van der Waals surface area contributed by atoms with Gasteiger partial charge in [0.15, 0.2) is 11.6 Å². The average molecular weight is 298 g/mol. The lowest BCUT2D eigenvalue weighted by Crippen LogP contribution is -2.44. The first kappa shape index (κ1) is 13.5. The second kappa shape index (κ2) is 5.23. The number of nitrogens with zero attached hydrogens (tertiary/aromatic N) is 3. The Morgan fingerprint density at radius 2 is 2.27 bits per heavy atom. The lowest BCUT2D eigenvalue weighted by molar-refractivity contribution is 0.190. The van der Waals surface area contributed by atoms with Gasteiger partial charge < -0.3 is 14.3 Å². The van der Waals surface area contributed by atoms with E-state index in [-0.39, 0.29) is 6.04 Å². The van der Waals surface area contributed by atoms with Gasteiger partial charge in [-0.15, -0.1) is 0 Å². The van der Waals surface area contributed by atoms with Crippen LogP contribution in [0.5, 0.6) is 0 Å². The van der Waals surface area contributed by atoms with E-state index in [0.29, 0.717) is 17.5 Å². The zero-order valence-corrected chi connectivity index (χ0v) is 12.7. The predicted molar refractivity (Wildman–Crippen MR) is 82.5 cm³/mol. The lowest BCUT2D eigenvalue weighted by atomic mass is 10.2. The van der Waals surface area contributed by atoms with Crippen molar-refractivity contribution in [2.45, 2.75) is 13.0 Å². The van der Waals surface area contributed by atoms with E-state index in [2.05, 4.69) is 27.4 Å². The highest BCUT2D eigenvalue weighted by atomic mass is 16.5. The van der Waals surface area contributed by atoms with Crippen LogP contribution in [0.25, 0.3) is 22.6 Å². The van der Waals surface area contributed by atoms with E-state index in [1.54, 1.807) is 0 Å².